The number of hydrogen-bond acceptors (Lipinski definition) is 3. The number of carbonyl (C=O) groups is 1. The lowest BCUT2D eigenvalue weighted by atomic mass is 10.2. The van der Waals surface area contributed by atoms with Gasteiger partial charge in [0.15, 0.2) is 0 Å². The van der Waals surface area contributed by atoms with Crippen molar-refractivity contribution in [1.82, 2.24) is 5.32 Å². The van der Waals surface area contributed by atoms with Gasteiger partial charge in [0.1, 0.15) is 6.10 Å². The highest BCUT2D eigenvalue weighted by Crippen LogP contribution is 2.21. The minimum absolute atomic E-state index is 0.0494. The van der Waals surface area contributed by atoms with Gasteiger partial charge in [-0.2, -0.15) is 0 Å². The zero-order valence-corrected chi connectivity index (χ0v) is 8.95. The van der Waals surface area contributed by atoms with Crippen LogP contribution in [0.15, 0.2) is 0 Å². The molecule has 0 spiro atoms. The van der Waals surface area contributed by atoms with E-state index in [9.17, 15) is 4.79 Å². The largest absolute Gasteiger partial charge is 0.364 e. The highest BCUT2D eigenvalue weighted by atomic mass is 16.5. The molecule has 3 unspecified atom stereocenters. The van der Waals surface area contributed by atoms with Crippen LogP contribution in [0.3, 0.4) is 0 Å². The predicted molar refractivity (Wildman–Crippen MR) is 54.8 cm³/mol. The Bertz CT molecular complexity index is 197. The van der Waals surface area contributed by atoms with Crippen LogP contribution >= 0.6 is 0 Å². The average Bonchev–Trinajstić information content (AvgIpc) is 2.52. The Kier molecular flexibility index (Phi) is 4.35. The normalized spacial score (nSPS) is 28.8. The molecule has 0 saturated heterocycles. The van der Waals surface area contributed by atoms with Crippen LogP contribution in [0.5, 0.6) is 0 Å². The second-order valence-electron chi connectivity index (χ2n) is 3.81. The summed E-state index contributed by atoms with van der Waals surface area (Å²) in [5.41, 5.74) is 5.84. The van der Waals surface area contributed by atoms with Gasteiger partial charge in [0.25, 0.3) is 0 Å². The van der Waals surface area contributed by atoms with Crippen molar-refractivity contribution < 1.29 is 9.53 Å². The molecule has 0 heterocycles. The summed E-state index contributed by atoms with van der Waals surface area (Å²) in [4.78, 5) is 11.4. The maximum absolute atomic E-state index is 11.4. The monoisotopic (exact) mass is 200 g/mol. The molecule has 0 aromatic rings. The van der Waals surface area contributed by atoms with Gasteiger partial charge in [-0.05, 0) is 33.1 Å². The Morgan fingerprint density at radius 3 is 2.86 bits per heavy atom. The number of amides is 1. The van der Waals surface area contributed by atoms with Crippen molar-refractivity contribution in [2.24, 2.45) is 5.73 Å². The molecule has 0 bridgehead atoms. The molecule has 1 aliphatic carbocycles. The van der Waals surface area contributed by atoms with E-state index in [1.165, 1.54) is 0 Å². The molecule has 1 aliphatic rings. The molecule has 82 valence electrons. The topological polar surface area (TPSA) is 64.3 Å². The van der Waals surface area contributed by atoms with Gasteiger partial charge in [-0.1, -0.05) is 0 Å². The van der Waals surface area contributed by atoms with E-state index in [0.29, 0.717) is 6.54 Å². The maximum atomic E-state index is 11.4. The van der Waals surface area contributed by atoms with E-state index in [2.05, 4.69) is 5.32 Å². The van der Waals surface area contributed by atoms with Crippen molar-refractivity contribution >= 4 is 5.91 Å². The summed E-state index contributed by atoms with van der Waals surface area (Å²) in [6.07, 6.45) is 2.77. The van der Waals surface area contributed by atoms with Crippen molar-refractivity contribution in [2.75, 3.05) is 6.54 Å². The minimum atomic E-state index is -0.385. The lowest BCUT2D eigenvalue weighted by Crippen LogP contribution is -2.40. The molecule has 4 nitrogen and oxygen atoms in total. The van der Waals surface area contributed by atoms with Crippen LogP contribution in [0.1, 0.15) is 33.1 Å². The van der Waals surface area contributed by atoms with E-state index < -0.39 is 0 Å². The molecule has 1 amide bonds. The van der Waals surface area contributed by atoms with Crippen molar-refractivity contribution in [3.05, 3.63) is 0 Å². The van der Waals surface area contributed by atoms with E-state index in [0.717, 1.165) is 19.3 Å². The Hall–Kier alpha value is -0.610. The molecular formula is C10H20N2O2. The highest BCUT2D eigenvalue weighted by molar-refractivity contribution is 5.80. The summed E-state index contributed by atoms with van der Waals surface area (Å²) in [7, 11) is 0. The number of nitrogens with two attached hydrogens (primary N) is 1. The molecule has 14 heavy (non-hydrogen) atoms. The molecule has 0 aromatic heterocycles. The van der Waals surface area contributed by atoms with E-state index in [1.54, 1.807) is 6.92 Å². The second-order valence-corrected chi connectivity index (χ2v) is 3.81. The third kappa shape index (κ3) is 2.96. The molecule has 0 radical (unpaired) electrons. The zero-order valence-electron chi connectivity index (χ0n) is 8.95. The van der Waals surface area contributed by atoms with Gasteiger partial charge in [0.05, 0.1) is 6.10 Å². The molecule has 0 aromatic carbocycles. The minimum Gasteiger partial charge on any atom is -0.364 e. The molecule has 0 aliphatic heterocycles. The molecule has 1 fully saturated rings. The van der Waals surface area contributed by atoms with E-state index >= 15 is 0 Å². The predicted octanol–water partition coefficient (Wildman–Crippen LogP) is 0.407. The fraction of sp³-hybridized carbons (Fsp3) is 0.900. The quantitative estimate of drug-likeness (QED) is 0.690. The van der Waals surface area contributed by atoms with Crippen LogP contribution in [0.2, 0.25) is 0 Å². The Morgan fingerprint density at radius 2 is 2.36 bits per heavy atom. The standard InChI is InChI=1S/C10H20N2O2/c1-3-12-10(13)7(2)14-9-6-4-5-8(9)11/h7-9H,3-6,11H2,1-2H3,(H,12,13). The van der Waals surface area contributed by atoms with Gasteiger partial charge < -0.3 is 15.8 Å². The summed E-state index contributed by atoms with van der Waals surface area (Å²) in [6.45, 7) is 4.31. The number of carbonyl (C=O) groups excluding carboxylic acids is 1. The van der Waals surface area contributed by atoms with Crippen LogP contribution < -0.4 is 11.1 Å². The fourth-order valence-electron chi connectivity index (χ4n) is 1.77. The average molecular weight is 200 g/mol. The number of nitrogens with one attached hydrogen (secondary N) is 1. The molecule has 4 heteroatoms. The van der Waals surface area contributed by atoms with Gasteiger partial charge in [-0.15, -0.1) is 0 Å². The van der Waals surface area contributed by atoms with Crippen LogP contribution in [0.25, 0.3) is 0 Å². The first-order valence-electron chi connectivity index (χ1n) is 5.34. The molecule has 1 saturated carbocycles. The lowest BCUT2D eigenvalue weighted by molar-refractivity contribution is -0.135. The van der Waals surface area contributed by atoms with Crippen molar-refractivity contribution in [3.8, 4) is 0 Å². The molecule has 1 rings (SSSR count). The first-order valence-corrected chi connectivity index (χ1v) is 5.34. The number of hydrogen-bond donors (Lipinski definition) is 2. The first-order chi connectivity index (χ1) is 6.65. The third-order valence-electron chi connectivity index (χ3n) is 2.60. The van der Waals surface area contributed by atoms with Crippen LogP contribution in [0, 0.1) is 0 Å². The number of rotatable bonds is 4. The van der Waals surface area contributed by atoms with Crippen LogP contribution in [-0.2, 0) is 9.53 Å². The van der Waals surface area contributed by atoms with E-state index in [1.807, 2.05) is 6.92 Å². The summed E-state index contributed by atoms with van der Waals surface area (Å²) in [6, 6.07) is 0.104. The Balaban J connectivity index is 2.32. The molecule has 3 N–H and O–H groups in total. The van der Waals surface area contributed by atoms with Gasteiger partial charge in [0, 0.05) is 12.6 Å². The van der Waals surface area contributed by atoms with Crippen molar-refractivity contribution in [2.45, 2.75) is 51.4 Å². The number of ether oxygens (including phenoxy) is 1. The van der Waals surface area contributed by atoms with Gasteiger partial charge in [0.2, 0.25) is 5.91 Å². The maximum Gasteiger partial charge on any atom is 0.248 e. The van der Waals surface area contributed by atoms with Gasteiger partial charge in [-0.3, -0.25) is 4.79 Å². The summed E-state index contributed by atoms with van der Waals surface area (Å²) in [5.74, 6) is -0.0494. The Morgan fingerprint density at radius 1 is 1.64 bits per heavy atom. The summed E-state index contributed by atoms with van der Waals surface area (Å²) < 4.78 is 5.60. The zero-order chi connectivity index (χ0) is 10.6. The molecular weight excluding hydrogens is 180 g/mol. The molecule has 3 atom stereocenters. The summed E-state index contributed by atoms with van der Waals surface area (Å²) in [5, 5.41) is 2.73. The SMILES string of the molecule is CCNC(=O)C(C)OC1CCCC1N. The van der Waals surface area contributed by atoms with Gasteiger partial charge in [-0.25, -0.2) is 0 Å². The van der Waals surface area contributed by atoms with Crippen molar-refractivity contribution in [3.63, 3.8) is 0 Å². The fourth-order valence-corrected chi connectivity index (χ4v) is 1.77. The second kappa shape index (κ2) is 5.32. The highest BCUT2D eigenvalue weighted by Gasteiger charge is 2.27. The lowest BCUT2D eigenvalue weighted by Gasteiger charge is -2.20. The number of likely N-dealkylation sites (N-methyl/N-ethyl adjacent to an activating group) is 1. The van der Waals surface area contributed by atoms with E-state index in [4.69, 9.17) is 10.5 Å². The Labute approximate surface area is 85.2 Å². The first kappa shape index (κ1) is 11.5. The van der Waals surface area contributed by atoms with Crippen LogP contribution in [0.4, 0.5) is 0 Å². The van der Waals surface area contributed by atoms with E-state index in [-0.39, 0.29) is 24.2 Å². The smallest absolute Gasteiger partial charge is 0.248 e. The van der Waals surface area contributed by atoms with Gasteiger partial charge >= 0.3 is 0 Å². The van der Waals surface area contributed by atoms with Crippen molar-refractivity contribution in [1.29, 1.82) is 0 Å². The van der Waals surface area contributed by atoms with Crippen LogP contribution in [-0.4, -0.2) is 30.7 Å². The summed E-state index contributed by atoms with van der Waals surface area (Å²) >= 11 is 0. The third-order valence-corrected chi connectivity index (χ3v) is 2.60.